The number of hydrogen-bond donors (Lipinski definition) is 2. The molecule has 1 aromatic carbocycles. The van der Waals surface area contributed by atoms with Crippen LogP contribution in [-0.2, 0) is 19.6 Å². The van der Waals surface area contributed by atoms with Gasteiger partial charge in [0.25, 0.3) is 0 Å². The van der Waals surface area contributed by atoms with E-state index in [1.54, 1.807) is 12.1 Å². The van der Waals surface area contributed by atoms with Crippen LogP contribution in [0.2, 0.25) is 0 Å². The first-order chi connectivity index (χ1) is 9.90. The van der Waals surface area contributed by atoms with Crippen molar-refractivity contribution in [1.82, 2.24) is 4.72 Å². The normalized spacial score (nSPS) is 20.9. The predicted molar refractivity (Wildman–Crippen MR) is 76.5 cm³/mol. The molecule has 21 heavy (non-hydrogen) atoms. The molecule has 0 bridgehead atoms. The molecule has 1 heterocycles. The Morgan fingerprint density at radius 3 is 2.57 bits per heavy atom. The van der Waals surface area contributed by atoms with Gasteiger partial charge in [-0.2, -0.15) is 4.72 Å². The van der Waals surface area contributed by atoms with Gasteiger partial charge in [0, 0.05) is 12.5 Å². The lowest BCUT2D eigenvalue weighted by atomic mass is 9.94. The molecule has 0 aromatic heterocycles. The summed E-state index contributed by atoms with van der Waals surface area (Å²) in [6, 6.07) is 5.11. The van der Waals surface area contributed by atoms with E-state index in [1.807, 2.05) is 6.92 Å². The molecule has 2 N–H and O–H groups in total. The molecule has 1 aliphatic rings. The van der Waals surface area contributed by atoms with Crippen LogP contribution in [0.4, 0.5) is 0 Å². The summed E-state index contributed by atoms with van der Waals surface area (Å²) < 4.78 is 32.1. The lowest BCUT2D eigenvalue weighted by Gasteiger charge is -2.27. The maximum absolute atomic E-state index is 12.3. The van der Waals surface area contributed by atoms with Crippen LogP contribution < -0.4 is 4.72 Å². The molecule has 0 aliphatic carbocycles. The van der Waals surface area contributed by atoms with Crippen molar-refractivity contribution in [3.63, 3.8) is 0 Å². The van der Waals surface area contributed by atoms with Gasteiger partial charge in [-0.05, 0) is 31.9 Å². The highest BCUT2D eigenvalue weighted by Crippen LogP contribution is 2.20. The Bertz CT molecular complexity index is 590. The minimum Gasteiger partial charge on any atom is -0.480 e. The van der Waals surface area contributed by atoms with Gasteiger partial charge in [-0.3, -0.25) is 4.79 Å². The fourth-order valence-electron chi connectivity index (χ4n) is 2.33. The maximum Gasteiger partial charge on any atom is 0.322 e. The number of carboxylic acids is 1. The number of nitrogens with one attached hydrogen (secondary N) is 1. The second-order valence-corrected chi connectivity index (χ2v) is 6.94. The van der Waals surface area contributed by atoms with Crippen molar-refractivity contribution < 1.29 is 23.1 Å². The summed E-state index contributed by atoms with van der Waals surface area (Å²) in [5, 5.41) is 9.30. The Morgan fingerprint density at radius 1 is 1.38 bits per heavy atom. The molecule has 1 saturated heterocycles. The second kappa shape index (κ2) is 6.55. The fraction of sp³-hybridized carbons (Fsp3) is 0.500. The molecule has 0 spiro atoms. The van der Waals surface area contributed by atoms with E-state index in [1.165, 1.54) is 12.1 Å². The molecular weight excluding hydrogens is 294 g/mol. The lowest BCUT2D eigenvalue weighted by Crippen LogP contribution is -2.48. The van der Waals surface area contributed by atoms with Crippen LogP contribution in [0.25, 0.3) is 0 Å². The highest BCUT2D eigenvalue weighted by molar-refractivity contribution is 7.89. The Kier molecular flexibility index (Phi) is 4.97. The zero-order chi connectivity index (χ0) is 15.5. The number of rotatable bonds is 5. The summed E-state index contributed by atoms with van der Waals surface area (Å²) in [6.07, 6.45) is 1.37. The predicted octanol–water partition coefficient (Wildman–Crippen LogP) is 1.15. The van der Waals surface area contributed by atoms with E-state index in [4.69, 9.17) is 4.74 Å². The molecule has 1 aliphatic heterocycles. The Balaban J connectivity index is 2.18. The van der Waals surface area contributed by atoms with Crippen LogP contribution in [-0.4, -0.2) is 38.7 Å². The Labute approximate surface area is 124 Å². The highest BCUT2D eigenvalue weighted by Gasteiger charge is 2.33. The van der Waals surface area contributed by atoms with Gasteiger partial charge < -0.3 is 9.84 Å². The van der Waals surface area contributed by atoms with Gasteiger partial charge in [-0.25, -0.2) is 8.42 Å². The first-order valence-corrected chi connectivity index (χ1v) is 8.28. The molecule has 0 radical (unpaired) electrons. The van der Waals surface area contributed by atoms with E-state index in [0.29, 0.717) is 13.0 Å². The number of ether oxygens (including phenoxy) is 1. The third-order valence-electron chi connectivity index (χ3n) is 3.55. The van der Waals surface area contributed by atoms with Crippen molar-refractivity contribution in [3.05, 3.63) is 29.8 Å². The fourth-order valence-corrected chi connectivity index (χ4v) is 3.59. The van der Waals surface area contributed by atoms with E-state index in [2.05, 4.69) is 4.72 Å². The molecule has 1 fully saturated rings. The van der Waals surface area contributed by atoms with Crippen LogP contribution in [0.3, 0.4) is 0 Å². The van der Waals surface area contributed by atoms with E-state index in [0.717, 1.165) is 12.0 Å². The Hall–Kier alpha value is -1.44. The molecule has 116 valence electrons. The standard InChI is InChI=1S/C14H19NO5S/c1-10-4-6-12(7-5-10)21(18,19)15-13(14(16)17)11-3-2-8-20-9-11/h4-7,11,13,15H,2-3,8-9H2,1H3,(H,16,17). The number of benzene rings is 1. The minimum absolute atomic E-state index is 0.0658. The smallest absolute Gasteiger partial charge is 0.322 e. The van der Waals surface area contributed by atoms with Crippen molar-refractivity contribution in [3.8, 4) is 0 Å². The SMILES string of the molecule is Cc1ccc(S(=O)(=O)NC(C(=O)O)C2CCCOC2)cc1. The summed E-state index contributed by atoms with van der Waals surface area (Å²) in [4.78, 5) is 11.4. The van der Waals surface area contributed by atoms with Crippen molar-refractivity contribution in [2.24, 2.45) is 5.92 Å². The second-order valence-electron chi connectivity index (χ2n) is 5.23. The van der Waals surface area contributed by atoms with Gasteiger partial charge in [-0.1, -0.05) is 17.7 Å². The van der Waals surface area contributed by atoms with Crippen molar-refractivity contribution in [2.75, 3.05) is 13.2 Å². The van der Waals surface area contributed by atoms with Crippen LogP contribution in [0.15, 0.2) is 29.2 Å². The number of carbonyl (C=O) groups is 1. The summed E-state index contributed by atoms with van der Waals surface area (Å²) >= 11 is 0. The van der Waals surface area contributed by atoms with Gasteiger partial charge in [-0.15, -0.1) is 0 Å². The Morgan fingerprint density at radius 2 is 2.05 bits per heavy atom. The molecule has 0 amide bonds. The number of carboxylic acid groups (broad SMARTS) is 1. The topological polar surface area (TPSA) is 92.7 Å². The number of aryl methyl sites for hydroxylation is 1. The van der Waals surface area contributed by atoms with E-state index >= 15 is 0 Å². The first-order valence-electron chi connectivity index (χ1n) is 6.80. The lowest BCUT2D eigenvalue weighted by molar-refractivity contribution is -0.141. The highest BCUT2D eigenvalue weighted by atomic mass is 32.2. The third kappa shape index (κ3) is 4.03. The van der Waals surface area contributed by atoms with E-state index in [9.17, 15) is 18.3 Å². The van der Waals surface area contributed by atoms with Gasteiger partial charge in [0.2, 0.25) is 10.0 Å². The number of hydrogen-bond acceptors (Lipinski definition) is 4. The molecule has 7 heteroatoms. The maximum atomic E-state index is 12.3. The number of aliphatic carboxylic acids is 1. The minimum atomic E-state index is -3.86. The summed E-state index contributed by atoms with van der Waals surface area (Å²) in [7, 11) is -3.86. The summed E-state index contributed by atoms with van der Waals surface area (Å²) in [5.41, 5.74) is 0.935. The zero-order valence-electron chi connectivity index (χ0n) is 11.8. The van der Waals surface area contributed by atoms with Gasteiger partial charge in [0.1, 0.15) is 6.04 Å². The third-order valence-corrected chi connectivity index (χ3v) is 5.00. The molecule has 6 nitrogen and oxygen atoms in total. The largest absolute Gasteiger partial charge is 0.480 e. The molecular formula is C14H19NO5S. The van der Waals surface area contributed by atoms with Crippen molar-refractivity contribution in [2.45, 2.75) is 30.7 Å². The molecule has 2 unspecified atom stereocenters. The molecule has 2 atom stereocenters. The average Bonchev–Trinajstić information content (AvgIpc) is 2.46. The van der Waals surface area contributed by atoms with E-state index < -0.39 is 22.0 Å². The van der Waals surface area contributed by atoms with Crippen molar-refractivity contribution in [1.29, 1.82) is 0 Å². The van der Waals surface area contributed by atoms with Crippen LogP contribution in [0, 0.1) is 12.8 Å². The van der Waals surface area contributed by atoms with Gasteiger partial charge >= 0.3 is 5.97 Å². The van der Waals surface area contributed by atoms with E-state index in [-0.39, 0.29) is 17.4 Å². The van der Waals surface area contributed by atoms with Crippen molar-refractivity contribution >= 4 is 16.0 Å². The van der Waals surface area contributed by atoms with Gasteiger partial charge in [0.05, 0.1) is 11.5 Å². The van der Waals surface area contributed by atoms with Crippen LogP contribution >= 0.6 is 0 Å². The summed E-state index contributed by atoms with van der Waals surface area (Å²) in [6.45, 7) is 2.70. The van der Waals surface area contributed by atoms with Crippen LogP contribution in [0.5, 0.6) is 0 Å². The molecule has 1 aromatic rings. The quantitative estimate of drug-likeness (QED) is 0.851. The first kappa shape index (κ1) is 15.9. The monoisotopic (exact) mass is 313 g/mol. The van der Waals surface area contributed by atoms with Gasteiger partial charge in [0.15, 0.2) is 0 Å². The average molecular weight is 313 g/mol. The molecule has 2 rings (SSSR count). The van der Waals surface area contributed by atoms with Crippen LogP contribution in [0.1, 0.15) is 18.4 Å². The zero-order valence-corrected chi connectivity index (χ0v) is 12.6. The summed E-state index contributed by atoms with van der Waals surface area (Å²) in [5.74, 6) is -1.53. The number of sulfonamides is 1. The molecule has 0 saturated carbocycles.